The molecule has 0 radical (unpaired) electrons. The Bertz CT molecular complexity index is 1290. The van der Waals surface area contributed by atoms with Gasteiger partial charge < -0.3 is 15.4 Å². The van der Waals surface area contributed by atoms with Crippen LogP contribution in [0.3, 0.4) is 0 Å². The molecule has 1 atom stereocenters. The second-order valence-electron chi connectivity index (χ2n) is 8.47. The number of aryl methyl sites for hydroxylation is 3. The summed E-state index contributed by atoms with van der Waals surface area (Å²) in [6, 6.07) is 21.3. The Labute approximate surface area is 193 Å². The SMILES string of the molecule is Cc1cc(C)c2[nH]c(O)c(N=Nc3ccc(C(=O)N[C@@H](C)CCc4ccccc4)cc3)c2c1. The van der Waals surface area contributed by atoms with E-state index in [-0.39, 0.29) is 17.8 Å². The van der Waals surface area contributed by atoms with Crippen molar-refractivity contribution in [1.82, 2.24) is 10.3 Å². The number of H-pyrrole nitrogens is 1. The Kier molecular flexibility index (Phi) is 6.54. The zero-order valence-corrected chi connectivity index (χ0v) is 19.1. The van der Waals surface area contributed by atoms with Gasteiger partial charge in [0.1, 0.15) is 0 Å². The molecule has 1 aromatic heterocycles. The number of aromatic nitrogens is 1. The van der Waals surface area contributed by atoms with Gasteiger partial charge in [0.15, 0.2) is 5.69 Å². The molecule has 168 valence electrons. The van der Waals surface area contributed by atoms with Crippen LogP contribution in [0.2, 0.25) is 0 Å². The van der Waals surface area contributed by atoms with Crippen molar-refractivity contribution in [2.24, 2.45) is 10.2 Å². The van der Waals surface area contributed by atoms with Crippen molar-refractivity contribution in [3.05, 3.63) is 89.0 Å². The Hall–Kier alpha value is -3.93. The average Bonchev–Trinajstić information content (AvgIpc) is 3.12. The molecule has 4 rings (SSSR count). The van der Waals surface area contributed by atoms with Gasteiger partial charge in [-0.1, -0.05) is 42.0 Å². The topological polar surface area (TPSA) is 89.8 Å². The lowest BCUT2D eigenvalue weighted by atomic mass is 10.1. The highest BCUT2D eigenvalue weighted by Crippen LogP contribution is 2.38. The molecular weight excluding hydrogens is 412 g/mol. The molecule has 4 aromatic rings. The third-order valence-electron chi connectivity index (χ3n) is 5.68. The van der Waals surface area contributed by atoms with Gasteiger partial charge in [0.05, 0.1) is 11.2 Å². The van der Waals surface area contributed by atoms with E-state index in [1.165, 1.54) is 5.56 Å². The lowest BCUT2D eigenvalue weighted by Gasteiger charge is -2.14. The maximum absolute atomic E-state index is 12.6. The number of amides is 1. The summed E-state index contributed by atoms with van der Waals surface area (Å²) in [6.07, 6.45) is 1.79. The molecule has 3 aromatic carbocycles. The Morgan fingerprint density at radius 1 is 1.03 bits per heavy atom. The number of rotatable bonds is 7. The summed E-state index contributed by atoms with van der Waals surface area (Å²) in [7, 11) is 0. The van der Waals surface area contributed by atoms with Crippen LogP contribution < -0.4 is 5.32 Å². The Morgan fingerprint density at radius 2 is 1.76 bits per heavy atom. The van der Waals surface area contributed by atoms with Gasteiger partial charge in [-0.25, -0.2) is 0 Å². The third-order valence-corrected chi connectivity index (χ3v) is 5.68. The first-order valence-corrected chi connectivity index (χ1v) is 11.1. The summed E-state index contributed by atoms with van der Waals surface area (Å²) in [5.41, 5.74) is 5.81. The third kappa shape index (κ3) is 5.29. The Morgan fingerprint density at radius 3 is 2.48 bits per heavy atom. The summed E-state index contributed by atoms with van der Waals surface area (Å²) in [4.78, 5) is 15.5. The molecule has 1 heterocycles. The number of hydrogen-bond acceptors (Lipinski definition) is 4. The Balaban J connectivity index is 1.40. The number of azo groups is 1. The number of nitrogens with zero attached hydrogens (tertiary/aromatic N) is 2. The van der Waals surface area contributed by atoms with E-state index >= 15 is 0 Å². The highest BCUT2D eigenvalue weighted by atomic mass is 16.3. The number of fused-ring (bicyclic) bond motifs is 1. The molecule has 0 bridgehead atoms. The largest absolute Gasteiger partial charge is 0.493 e. The number of benzene rings is 3. The molecule has 0 aliphatic heterocycles. The smallest absolute Gasteiger partial charge is 0.251 e. The predicted molar refractivity (Wildman–Crippen MR) is 132 cm³/mol. The fourth-order valence-corrected chi connectivity index (χ4v) is 3.92. The predicted octanol–water partition coefficient (Wildman–Crippen LogP) is 6.66. The summed E-state index contributed by atoms with van der Waals surface area (Å²) >= 11 is 0. The van der Waals surface area contributed by atoms with Crippen LogP contribution in [0.5, 0.6) is 5.88 Å². The fraction of sp³-hybridized carbons (Fsp3) is 0.222. The summed E-state index contributed by atoms with van der Waals surface area (Å²) in [6.45, 7) is 6.00. The number of hydrogen-bond donors (Lipinski definition) is 3. The van der Waals surface area contributed by atoms with Crippen molar-refractivity contribution in [2.45, 2.75) is 39.7 Å². The monoisotopic (exact) mass is 440 g/mol. The first kappa shape index (κ1) is 22.3. The number of carbonyl (C=O) groups excluding carboxylic acids is 1. The van der Waals surface area contributed by atoms with E-state index in [2.05, 4.69) is 32.7 Å². The van der Waals surface area contributed by atoms with Crippen LogP contribution in [-0.4, -0.2) is 22.0 Å². The van der Waals surface area contributed by atoms with Crippen LogP contribution in [-0.2, 0) is 6.42 Å². The van der Waals surface area contributed by atoms with E-state index in [0.29, 0.717) is 16.9 Å². The van der Waals surface area contributed by atoms with Gasteiger partial charge in [-0.05, 0) is 75.1 Å². The molecule has 0 fully saturated rings. The van der Waals surface area contributed by atoms with E-state index in [0.717, 1.165) is 34.9 Å². The normalized spacial score (nSPS) is 12.3. The van der Waals surface area contributed by atoms with Gasteiger partial charge in [-0.2, -0.15) is 5.11 Å². The van der Waals surface area contributed by atoms with Crippen LogP contribution in [0.4, 0.5) is 11.4 Å². The van der Waals surface area contributed by atoms with Crippen LogP contribution in [0, 0.1) is 13.8 Å². The van der Waals surface area contributed by atoms with E-state index in [1.54, 1.807) is 24.3 Å². The summed E-state index contributed by atoms with van der Waals surface area (Å²) < 4.78 is 0. The first-order chi connectivity index (χ1) is 15.9. The number of aromatic amines is 1. The minimum atomic E-state index is -0.112. The average molecular weight is 441 g/mol. The van der Waals surface area contributed by atoms with E-state index in [4.69, 9.17) is 0 Å². The van der Waals surface area contributed by atoms with Crippen LogP contribution in [0.25, 0.3) is 10.9 Å². The van der Waals surface area contributed by atoms with Gasteiger partial charge in [-0.15, -0.1) is 5.11 Å². The fourth-order valence-electron chi connectivity index (χ4n) is 3.92. The summed E-state index contributed by atoms with van der Waals surface area (Å²) in [5.74, 6) is -0.123. The van der Waals surface area contributed by atoms with E-state index in [1.807, 2.05) is 51.1 Å². The van der Waals surface area contributed by atoms with Gasteiger partial charge >= 0.3 is 0 Å². The lowest BCUT2D eigenvalue weighted by molar-refractivity contribution is 0.0938. The molecule has 0 spiro atoms. The van der Waals surface area contributed by atoms with Crippen LogP contribution >= 0.6 is 0 Å². The molecule has 33 heavy (non-hydrogen) atoms. The lowest BCUT2D eigenvalue weighted by Crippen LogP contribution is -2.32. The zero-order chi connectivity index (χ0) is 23.4. The molecule has 6 nitrogen and oxygen atoms in total. The quantitative estimate of drug-likeness (QED) is 0.281. The van der Waals surface area contributed by atoms with Gasteiger partial charge in [0.2, 0.25) is 5.88 Å². The second-order valence-corrected chi connectivity index (χ2v) is 8.47. The molecule has 6 heteroatoms. The van der Waals surface area contributed by atoms with Crippen LogP contribution in [0.1, 0.15) is 40.4 Å². The molecule has 0 aliphatic carbocycles. The van der Waals surface area contributed by atoms with E-state index in [9.17, 15) is 9.90 Å². The minimum Gasteiger partial charge on any atom is -0.493 e. The molecule has 0 saturated heterocycles. The van der Waals surface area contributed by atoms with Crippen molar-refractivity contribution in [3.63, 3.8) is 0 Å². The van der Waals surface area contributed by atoms with Crippen molar-refractivity contribution in [2.75, 3.05) is 0 Å². The van der Waals surface area contributed by atoms with E-state index < -0.39 is 0 Å². The molecule has 0 saturated carbocycles. The van der Waals surface area contributed by atoms with Gasteiger partial charge in [-0.3, -0.25) is 4.79 Å². The highest BCUT2D eigenvalue weighted by Gasteiger charge is 2.13. The zero-order valence-electron chi connectivity index (χ0n) is 19.1. The van der Waals surface area contributed by atoms with Gasteiger partial charge in [0, 0.05) is 17.0 Å². The minimum absolute atomic E-state index is 0.0112. The van der Waals surface area contributed by atoms with Crippen molar-refractivity contribution < 1.29 is 9.90 Å². The molecule has 0 unspecified atom stereocenters. The van der Waals surface area contributed by atoms with Crippen LogP contribution in [0.15, 0.2) is 77.0 Å². The maximum atomic E-state index is 12.6. The second kappa shape index (κ2) is 9.69. The van der Waals surface area contributed by atoms with Gasteiger partial charge in [0.25, 0.3) is 5.91 Å². The standard InChI is InChI=1S/C27H28N4O2/c1-17-15-18(2)24-23(16-17)25(27(33)29-24)31-30-22-13-11-21(12-14-22)26(32)28-19(3)9-10-20-7-5-4-6-8-20/h4-8,11-16,19,29,33H,9-10H2,1-3H3,(H,28,32)/t19-/m0/s1. The van der Waals surface area contributed by atoms with Crippen molar-refractivity contribution >= 4 is 28.2 Å². The molecular formula is C27H28N4O2. The molecule has 0 aliphatic rings. The van der Waals surface area contributed by atoms with Crippen molar-refractivity contribution in [3.8, 4) is 5.88 Å². The number of aromatic hydroxyl groups is 1. The maximum Gasteiger partial charge on any atom is 0.251 e. The number of carbonyl (C=O) groups is 1. The summed E-state index contributed by atoms with van der Waals surface area (Å²) in [5, 5.41) is 22.7. The molecule has 1 amide bonds. The molecule has 3 N–H and O–H groups in total. The van der Waals surface area contributed by atoms with Crippen molar-refractivity contribution in [1.29, 1.82) is 0 Å². The number of nitrogens with one attached hydrogen (secondary N) is 2. The highest BCUT2D eigenvalue weighted by molar-refractivity contribution is 5.96. The first-order valence-electron chi connectivity index (χ1n) is 11.1.